The Morgan fingerprint density at radius 3 is 2.95 bits per heavy atom. The number of rotatable bonds is 3. The Balaban J connectivity index is 1.68. The van der Waals surface area contributed by atoms with Gasteiger partial charge in [0.2, 0.25) is 5.91 Å². The van der Waals surface area contributed by atoms with E-state index < -0.39 is 0 Å². The lowest BCUT2D eigenvalue weighted by atomic mass is 9.92. The van der Waals surface area contributed by atoms with E-state index in [0.29, 0.717) is 18.9 Å². The van der Waals surface area contributed by atoms with Crippen LogP contribution in [0, 0.1) is 5.92 Å². The maximum absolute atomic E-state index is 12.6. The zero-order valence-corrected chi connectivity index (χ0v) is 13.0. The Morgan fingerprint density at radius 1 is 1.33 bits per heavy atom. The smallest absolute Gasteiger partial charge is 0.227 e. The second kappa shape index (κ2) is 6.18. The average Bonchev–Trinajstić information content (AvgIpc) is 2.94. The van der Waals surface area contributed by atoms with Crippen LogP contribution in [0.5, 0.6) is 0 Å². The van der Waals surface area contributed by atoms with E-state index in [1.54, 1.807) is 0 Å². The minimum atomic E-state index is 0.232. The van der Waals surface area contributed by atoms with Crippen molar-refractivity contribution in [2.45, 2.75) is 51.5 Å². The van der Waals surface area contributed by atoms with Gasteiger partial charge in [-0.05, 0) is 54.7 Å². The number of hydrogen-bond acceptors (Lipinski definition) is 2. The molecule has 1 amide bonds. The van der Waals surface area contributed by atoms with E-state index in [4.69, 9.17) is 5.73 Å². The number of carbonyl (C=O) groups excluding carboxylic acids is 1. The Bertz CT molecular complexity index is 526. The quantitative estimate of drug-likeness (QED) is 0.927. The minimum Gasteiger partial charge on any atom is -0.338 e. The summed E-state index contributed by atoms with van der Waals surface area (Å²) < 4.78 is 0. The lowest BCUT2D eigenvalue weighted by Crippen LogP contribution is -2.49. The molecular formula is C18H26N2O. The average molecular weight is 286 g/mol. The molecule has 0 aromatic heterocycles. The molecule has 1 aromatic rings. The van der Waals surface area contributed by atoms with Crippen molar-refractivity contribution in [1.82, 2.24) is 4.90 Å². The van der Waals surface area contributed by atoms with Crippen LogP contribution >= 0.6 is 0 Å². The number of likely N-dealkylation sites (tertiary alicyclic amines) is 1. The van der Waals surface area contributed by atoms with Gasteiger partial charge in [0.05, 0.1) is 6.42 Å². The van der Waals surface area contributed by atoms with Crippen LogP contribution in [-0.4, -0.2) is 29.9 Å². The molecule has 1 fully saturated rings. The highest BCUT2D eigenvalue weighted by atomic mass is 16.2. The van der Waals surface area contributed by atoms with Gasteiger partial charge in [0, 0.05) is 19.1 Å². The third-order valence-electron chi connectivity index (χ3n) is 5.09. The molecule has 3 nitrogen and oxygen atoms in total. The standard InChI is InChI=1S/C18H26N2O/c1-13-7-8-20(17(9-13)12-19)18(21)11-14-5-6-15-3-2-4-16(15)10-14/h5-6,10,13,17H,2-4,7-9,11-12,19H2,1H3. The monoisotopic (exact) mass is 286 g/mol. The number of hydrogen-bond donors (Lipinski definition) is 1. The molecule has 2 unspecified atom stereocenters. The van der Waals surface area contributed by atoms with Gasteiger partial charge < -0.3 is 10.6 Å². The first kappa shape index (κ1) is 14.6. The summed E-state index contributed by atoms with van der Waals surface area (Å²) in [6, 6.07) is 6.82. The van der Waals surface area contributed by atoms with Crippen LogP contribution in [0.15, 0.2) is 18.2 Å². The number of nitrogens with zero attached hydrogens (tertiary/aromatic N) is 1. The summed E-state index contributed by atoms with van der Waals surface area (Å²) >= 11 is 0. The highest BCUT2D eigenvalue weighted by Crippen LogP contribution is 2.25. The molecule has 1 aliphatic carbocycles. The second-order valence-electron chi connectivity index (χ2n) is 6.74. The summed E-state index contributed by atoms with van der Waals surface area (Å²) in [5.74, 6) is 0.929. The topological polar surface area (TPSA) is 46.3 Å². The van der Waals surface area contributed by atoms with Crippen molar-refractivity contribution >= 4 is 5.91 Å². The lowest BCUT2D eigenvalue weighted by molar-refractivity contribution is -0.134. The zero-order chi connectivity index (χ0) is 14.8. The number of piperidine rings is 1. The van der Waals surface area contributed by atoms with Crippen molar-refractivity contribution in [2.24, 2.45) is 11.7 Å². The fraction of sp³-hybridized carbons (Fsp3) is 0.611. The van der Waals surface area contributed by atoms with Crippen LogP contribution < -0.4 is 5.73 Å². The summed E-state index contributed by atoms with van der Waals surface area (Å²) in [7, 11) is 0. The van der Waals surface area contributed by atoms with E-state index in [1.165, 1.54) is 30.4 Å². The van der Waals surface area contributed by atoms with Crippen molar-refractivity contribution in [3.63, 3.8) is 0 Å². The summed E-state index contributed by atoms with van der Waals surface area (Å²) in [5.41, 5.74) is 9.95. The van der Waals surface area contributed by atoms with Crippen molar-refractivity contribution in [3.8, 4) is 0 Å². The van der Waals surface area contributed by atoms with Crippen LogP contribution in [0.25, 0.3) is 0 Å². The van der Waals surface area contributed by atoms with Gasteiger partial charge in [-0.2, -0.15) is 0 Å². The van der Waals surface area contributed by atoms with Crippen LogP contribution in [0.4, 0.5) is 0 Å². The molecule has 114 valence electrons. The molecule has 1 aromatic carbocycles. The molecule has 2 aliphatic rings. The van der Waals surface area contributed by atoms with Gasteiger partial charge in [0.1, 0.15) is 0 Å². The zero-order valence-electron chi connectivity index (χ0n) is 13.0. The molecule has 21 heavy (non-hydrogen) atoms. The minimum absolute atomic E-state index is 0.232. The first-order chi connectivity index (χ1) is 10.2. The third kappa shape index (κ3) is 3.13. The van der Waals surface area contributed by atoms with E-state index in [0.717, 1.165) is 24.9 Å². The SMILES string of the molecule is CC1CCN(C(=O)Cc2ccc3c(c2)CCC3)C(CN)C1. The van der Waals surface area contributed by atoms with Crippen LogP contribution in [-0.2, 0) is 24.1 Å². The van der Waals surface area contributed by atoms with Crippen LogP contribution in [0.2, 0.25) is 0 Å². The summed E-state index contributed by atoms with van der Waals surface area (Å²) in [6.45, 7) is 3.71. The maximum Gasteiger partial charge on any atom is 0.227 e. The predicted octanol–water partition coefficient (Wildman–Crippen LogP) is 2.30. The van der Waals surface area contributed by atoms with Gasteiger partial charge in [-0.25, -0.2) is 0 Å². The van der Waals surface area contributed by atoms with Gasteiger partial charge in [-0.1, -0.05) is 25.1 Å². The molecule has 0 radical (unpaired) electrons. The number of amides is 1. The maximum atomic E-state index is 12.6. The van der Waals surface area contributed by atoms with Gasteiger partial charge >= 0.3 is 0 Å². The van der Waals surface area contributed by atoms with Crippen LogP contribution in [0.3, 0.4) is 0 Å². The number of carbonyl (C=O) groups is 1. The van der Waals surface area contributed by atoms with Crippen molar-refractivity contribution in [1.29, 1.82) is 0 Å². The molecular weight excluding hydrogens is 260 g/mol. The summed E-state index contributed by atoms with van der Waals surface area (Å²) in [6.07, 6.45) is 6.30. The number of fused-ring (bicyclic) bond motifs is 1. The highest BCUT2D eigenvalue weighted by Gasteiger charge is 2.28. The fourth-order valence-electron chi connectivity index (χ4n) is 3.81. The van der Waals surface area contributed by atoms with Crippen molar-refractivity contribution < 1.29 is 4.79 Å². The molecule has 1 aliphatic heterocycles. The molecule has 2 N–H and O–H groups in total. The Kier molecular flexibility index (Phi) is 4.29. The Hall–Kier alpha value is -1.35. The third-order valence-corrected chi connectivity index (χ3v) is 5.09. The molecule has 3 heteroatoms. The number of nitrogens with two attached hydrogens (primary N) is 1. The Morgan fingerprint density at radius 2 is 2.14 bits per heavy atom. The van der Waals surface area contributed by atoms with E-state index in [2.05, 4.69) is 25.1 Å². The summed E-state index contributed by atoms with van der Waals surface area (Å²) in [4.78, 5) is 14.6. The molecule has 1 heterocycles. The van der Waals surface area contributed by atoms with Gasteiger partial charge in [-0.15, -0.1) is 0 Å². The lowest BCUT2D eigenvalue weighted by Gasteiger charge is -2.38. The van der Waals surface area contributed by atoms with Gasteiger partial charge in [-0.3, -0.25) is 4.79 Å². The van der Waals surface area contributed by atoms with Crippen molar-refractivity contribution in [3.05, 3.63) is 34.9 Å². The van der Waals surface area contributed by atoms with Crippen molar-refractivity contribution in [2.75, 3.05) is 13.1 Å². The predicted molar refractivity (Wildman–Crippen MR) is 85.1 cm³/mol. The molecule has 3 rings (SSSR count). The number of aryl methyl sites for hydroxylation is 2. The van der Waals surface area contributed by atoms with Crippen LogP contribution in [0.1, 0.15) is 42.9 Å². The van der Waals surface area contributed by atoms with E-state index >= 15 is 0 Å². The number of benzene rings is 1. The molecule has 0 bridgehead atoms. The molecule has 2 atom stereocenters. The molecule has 0 spiro atoms. The largest absolute Gasteiger partial charge is 0.338 e. The molecule has 0 saturated carbocycles. The normalized spacial score (nSPS) is 25.0. The molecule has 1 saturated heterocycles. The fourth-order valence-corrected chi connectivity index (χ4v) is 3.81. The second-order valence-corrected chi connectivity index (χ2v) is 6.74. The van der Waals surface area contributed by atoms with E-state index in [9.17, 15) is 4.79 Å². The summed E-state index contributed by atoms with van der Waals surface area (Å²) in [5, 5.41) is 0. The first-order valence-electron chi connectivity index (χ1n) is 8.27. The van der Waals surface area contributed by atoms with Gasteiger partial charge in [0.15, 0.2) is 0 Å². The van der Waals surface area contributed by atoms with E-state index in [1.807, 2.05) is 4.90 Å². The van der Waals surface area contributed by atoms with Gasteiger partial charge in [0.25, 0.3) is 0 Å². The van der Waals surface area contributed by atoms with E-state index in [-0.39, 0.29) is 11.9 Å². The Labute approximate surface area is 127 Å². The first-order valence-corrected chi connectivity index (χ1v) is 8.27. The highest BCUT2D eigenvalue weighted by molar-refractivity contribution is 5.79.